The molecule has 0 saturated carbocycles. The summed E-state index contributed by atoms with van der Waals surface area (Å²) in [6, 6.07) is 8.28. The number of ketones is 1. The number of hydrogen-bond donors (Lipinski definition) is 0. The third-order valence-corrected chi connectivity index (χ3v) is 3.95. The molecule has 0 unspecified atom stereocenters. The molecule has 88 valence electrons. The van der Waals surface area contributed by atoms with Gasteiger partial charge in [-0.2, -0.15) is 0 Å². The molecular formula is C14H13FOS. The van der Waals surface area contributed by atoms with Crippen LogP contribution in [0, 0.1) is 12.7 Å². The number of hydrogen-bond acceptors (Lipinski definition) is 2. The van der Waals surface area contributed by atoms with E-state index in [9.17, 15) is 9.18 Å². The van der Waals surface area contributed by atoms with Gasteiger partial charge in [-0.1, -0.05) is 19.1 Å². The summed E-state index contributed by atoms with van der Waals surface area (Å²) in [5.41, 5.74) is 2.03. The average molecular weight is 248 g/mol. The van der Waals surface area contributed by atoms with Crippen molar-refractivity contribution in [1.82, 2.24) is 0 Å². The first-order valence-electron chi connectivity index (χ1n) is 5.51. The summed E-state index contributed by atoms with van der Waals surface area (Å²) in [4.78, 5) is 13.4. The summed E-state index contributed by atoms with van der Waals surface area (Å²) >= 11 is 1.48. The van der Waals surface area contributed by atoms with Crippen molar-refractivity contribution < 1.29 is 9.18 Å². The Morgan fingerprint density at radius 3 is 2.53 bits per heavy atom. The first-order valence-corrected chi connectivity index (χ1v) is 6.33. The van der Waals surface area contributed by atoms with Gasteiger partial charge in [0.1, 0.15) is 5.82 Å². The first-order chi connectivity index (χ1) is 8.11. The third-order valence-electron chi connectivity index (χ3n) is 2.62. The zero-order valence-electron chi connectivity index (χ0n) is 9.79. The second-order valence-corrected chi connectivity index (χ2v) is 4.96. The molecule has 3 heteroatoms. The van der Waals surface area contributed by atoms with Gasteiger partial charge in [-0.3, -0.25) is 4.79 Å². The minimum absolute atomic E-state index is 0.159. The van der Waals surface area contributed by atoms with Gasteiger partial charge in [0.2, 0.25) is 0 Å². The van der Waals surface area contributed by atoms with E-state index in [1.165, 1.54) is 23.5 Å². The fraction of sp³-hybridized carbons (Fsp3) is 0.214. The minimum atomic E-state index is -0.243. The quantitative estimate of drug-likeness (QED) is 0.733. The summed E-state index contributed by atoms with van der Waals surface area (Å²) in [5.74, 6) is -0.0840. The molecule has 0 bridgehead atoms. The van der Waals surface area contributed by atoms with E-state index in [4.69, 9.17) is 0 Å². The van der Waals surface area contributed by atoms with Gasteiger partial charge in [0.25, 0.3) is 0 Å². The number of carbonyl (C=O) groups excluding carboxylic acids is 1. The number of rotatable bonds is 3. The van der Waals surface area contributed by atoms with E-state index in [1.54, 1.807) is 12.1 Å². The Morgan fingerprint density at radius 2 is 1.94 bits per heavy atom. The van der Waals surface area contributed by atoms with Crippen LogP contribution >= 0.6 is 11.3 Å². The molecule has 1 heterocycles. The van der Waals surface area contributed by atoms with Crippen LogP contribution in [0.2, 0.25) is 0 Å². The molecule has 0 aliphatic carbocycles. The van der Waals surface area contributed by atoms with E-state index in [1.807, 2.05) is 19.9 Å². The van der Waals surface area contributed by atoms with Crippen LogP contribution in [0.15, 0.2) is 30.3 Å². The molecule has 17 heavy (non-hydrogen) atoms. The normalized spacial score (nSPS) is 10.5. The molecule has 0 radical (unpaired) electrons. The maximum Gasteiger partial charge on any atom is 0.172 e. The summed E-state index contributed by atoms with van der Waals surface area (Å²) in [5, 5.41) is 0. The van der Waals surface area contributed by atoms with E-state index in [0.29, 0.717) is 6.42 Å². The molecule has 2 aromatic rings. The number of Topliss-reactive ketones (excluding diaryl/α,β-unsaturated/α-hetero) is 1. The molecule has 0 aliphatic heterocycles. The second-order valence-electron chi connectivity index (χ2n) is 3.91. The van der Waals surface area contributed by atoms with Crippen LogP contribution in [0.1, 0.15) is 28.6 Å². The highest BCUT2D eigenvalue weighted by Gasteiger charge is 2.12. The lowest BCUT2D eigenvalue weighted by Crippen LogP contribution is -1.90. The largest absolute Gasteiger partial charge is 0.293 e. The van der Waals surface area contributed by atoms with E-state index in [-0.39, 0.29) is 11.6 Å². The lowest BCUT2D eigenvalue weighted by Gasteiger charge is -1.98. The highest BCUT2D eigenvalue weighted by atomic mass is 32.1. The summed E-state index contributed by atoms with van der Waals surface area (Å²) < 4.78 is 12.8. The highest BCUT2D eigenvalue weighted by molar-refractivity contribution is 7.17. The van der Waals surface area contributed by atoms with Crippen molar-refractivity contribution in [1.29, 1.82) is 0 Å². The first kappa shape index (κ1) is 12.0. The van der Waals surface area contributed by atoms with Gasteiger partial charge in [-0.05, 0) is 36.2 Å². The van der Waals surface area contributed by atoms with Gasteiger partial charge in [0.15, 0.2) is 5.78 Å². The van der Waals surface area contributed by atoms with Gasteiger partial charge >= 0.3 is 0 Å². The predicted molar refractivity (Wildman–Crippen MR) is 69.1 cm³/mol. The zero-order valence-corrected chi connectivity index (χ0v) is 10.6. The molecule has 0 aliphatic rings. The van der Waals surface area contributed by atoms with Gasteiger partial charge in [0.05, 0.1) is 4.88 Å². The topological polar surface area (TPSA) is 17.1 Å². The summed E-state index contributed by atoms with van der Waals surface area (Å²) in [6.07, 6.45) is 0.517. The third kappa shape index (κ3) is 2.44. The molecule has 1 aromatic heterocycles. The van der Waals surface area contributed by atoms with Crippen LogP contribution in [0.3, 0.4) is 0 Å². The lowest BCUT2D eigenvalue weighted by atomic mass is 10.1. The molecule has 0 amide bonds. The number of carbonyl (C=O) groups is 1. The molecule has 0 atom stereocenters. The van der Waals surface area contributed by atoms with Gasteiger partial charge < -0.3 is 0 Å². The van der Waals surface area contributed by atoms with Crippen molar-refractivity contribution in [3.63, 3.8) is 0 Å². The maximum absolute atomic E-state index is 12.8. The molecule has 0 saturated heterocycles. The second kappa shape index (κ2) is 4.80. The average Bonchev–Trinajstić information content (AvgIpc) is 2.71. The number of halogens is 1. The van der Waals surface area contributed by atoms with E-state index >= 15 is 0 Å². The van der Waals surface area contributed by atoms with Crippen molar-refractivity contribution in [3.8, 4) is 10.4 Å². The van der Waals surface area contributed by atoms with Crippen molar-refractivity contribution in [2.24, 2.45) is 0 Å². The Labute approximate surface area is 104 Å². The molecular weight excluding hydrogens is 235 g/mol. The predicted octanol–water partition coefficient (Wildman–Crippen LogP) is 4.46. The molecule has 0 fully saturated rings. The maximum atomic E-state index is 12.8. The highest BCUT2D eigenvalue weighted by Crippen LogP contribution is 2.32. The lowest BCUT2D eigenvalue weighted by molar-refractivity contribution is 0.0992. The van der Waals surface area contributed by atoms with E-state index in [0.717, 1.165) is 20.9 Å². The number of thiophene rings is 1. The Morgan fingerprint density at radius 1 is 1.29 bits per heavy atom. The monoisotopic (exact) mass is 248 g/mol. The summed E-state index contributed by atoms with van der Waals surface area (Å²) in [7, 11) is 0. The van der Waals surface area contributed by atoms with Gasteiger partial charge in [-0.15, -0.1) is 11.3 Å². The minimum Gasteiger partial charge on any atom is -0.293 e. The molecule has 0 spiro atoms. The SMILES string of the molecule is CCC(=O)c1cc(C)c(-c2ccc(F)cc2)s1. The fourth-order valence-electron chi connectivity index (χ4n) is 1.68. The standard InChI is InChI=1S/C14H13FOS/c1-3-12(16)13-8-9(2)14(17-13)10-4-6-11(15)7-5-10/h4-8H,3H2,1-2H3. The van der Waals surface area contributed by atoms with Crippen LogP contribution in [-0.4, -0.2) is 5.78 Å². The van der Waals surface area contributed by atoms with Crippen LogP contribution in [0.4, 0.5) is 4.39 Å². The molecule has 1 nitrogen and oxygen atoms in total. The van der Waals surface area contributed by atoms with Gasteiger partial charge in [0, 0.05) is 11.3 Å². The number of aryl methyl sites for hydroxylation is 1. The van der Waals surface area contributed by atoms with Crippen molar-refractivity contribution in [2.75, 3.05) is 0 Å². The molecule has 1 aromatic carbocycles. The Kier molecular flexibility index (Phi) is 3.38. The molecule has 0 N–H and O–H groups in total. The molecule has 2 rings (SSSR count). The fourth-order valence-corrected chi connectivity index (χ4v) is 2.87. The van der Waals surface area contributed by atoms with Crippen LogP contribution < -0.4 is 0 Å². The number of benzene rings is 1. The van der Waals surface area contributed by atoms with Crippen LogP contribution in [-0.2, 0) is 0 Å². The van der Waals surface area contributed by atoms with Crippen LogP contribution in [0.25, 0.3) is 10.4 Å². The zero-order chi connectivity index (χ0) is 12.4. The summed E-state index contributed by atoms with van der Waals surface area (Å²) in [6.45, 7) is 3.83. The van der Waals surface area contributed by atoms with Crippen molar-refractivity contribution in [3.05, 3.63) is 46.6 Å². The van der Waals surface area contributed by atoms with Crippen molar-refractivity contribution in [2.45, 2.75) is 20.3 Å². The van der Waals surface area contributed by atoms with E-state index < -0.39 is 0 Å². The van der Waals surface area contributed by atoms with E-state index in [2.05, 4.69) is 0 Å². The Bertz CT molecular complexity index is 540. The van der Waals surface area contributed by atoms with Gasteiger partial charge in [-0.25, -0.2) is 4.39 Å². The Hall–Kier alpha value is -1.48. The Balaban J connectivity index is 2.42. The van der Waals surface area contributed by atoms with Crippen LogP contribution in [0.5, 0.6) is 0 Å². The van der Waals surface area contributed by atoms with Crippen molar-refractivity contribution >= 4 is 17.1 Å². The smallest absolute Gasteiger partial charge is 0.172 e.